The summed E-state index contributed by atoms with van der Waals surface area (Å²) in [6.07, 6.45) is 0. The third-order valence-electron chi connectivity index (χ3n) is 5.76. The molecule has 0 saturated heterocycles. The molecule has 0 radical (unpaired) electrons. The second kappa shape index (κ2) is 8.42. The maximum atomic E-state index is 14.9. The van der Waals surface area contributed by atoms with E-state index < -0.39 is 13.3 Å². The van der Waals surface area contributed by atoms with E-state index in [0.29, 0.717) is 27.5 Å². The summed E-state index contributed by atoms with van der Waals surface area (Å²) < 4.78 is 32.9. The van der Waals surface area contributed by atoms with Crippen molar-refractivity contribution in [3.05, 3.63) is 100 Å². The molecule has 172 valence electrons. The Morgan fingerprint density at radius 3 is 2.41 bits per heavy atom. The van der Waals surface area contributed by atoms with Gasteiger partial charge in [-0.15, -0.1) is 0 Å². The highest BCUT2D eigenvalue weighted by Gasteiger charge is 2.44. The molecule has 3 aromatic carbocycles. The maximum absolute atomic E-state index is 14.9. The number of amidine groups is 1. The van der Waals surface area contributed by atoms with E-state index in [4.69, 9.17) is 16.6 Å². The van der Waals surface area contributed by atoms with Crippen LogP contribution in [0.2, 0.25) is 5.02 Å². The van der Waals surface area contributed by atoms with E-state index in [1.165, 1.54) is 10.7 Å². The van der Waals surface area contributed by atoms with Crippen molar-refractivity contribution >= 4 is 41.7 Å². The van der Waals surface area contributed by atoms with Crippen LogP contribution in [-0.2, 0) is 4.57 Å². The number of hydrogen-bond acceptors (Lipinski definition) is 3. The predicted molar refractivity (Wildman–Crippen MR) is 136 cm³/mol. The predicted octanol–water partition coefficient (Wildman–Crippen LogP) is 6.24. The molecular formula is C25H22ClFN5OP. The molecule has 4 aromatic rings. The first-order valence-corrected chi connectivity index (χ1v) is 12.7. The number of rotatable bonds is 4. The van der Waals surface area contributed by atoms with Gasteiger partial charge in [-0.25, -0.2) is 14.1 Å². The second-order valence-electron chi connectivity index (χ2n) is 8.11. The standard InChI is InChI=1S/C25H22ClFN5OP/c1-16-13-14-22(20(26)15-16)30-34(33)23-17(2)29-32(18-9-5-4-6-10-18)25(23)28-24(31(34)3)19-11-7-8-12-21(19)27/h4-15H,1-3H3,(H,30,33). The van der Waals surface area contributed by atoms with Crippen molar-refractivity contribution < 1.29 is 8.96 Å². The Kier molecular flexibility index (Phi) is 5.54. The first-order chi connectivity index (χ1) is 16.3. The first kappa shape index (κ1) is 22.4. The van der Waals surface area contributed by atoms with Crippen LogP contribution in [0.3, 0.4) is 0 Å². The van der Waals surface area contributed by atoms with Gasteiger partial charge < -0.3 is 5.09 Å². The van der Waals surface area contributed by atoms with Crippen molar-refractivity contribution in [2.24, 2.45) is 4.99 Å². The lowest BCUT2D eigenvalue weighted by Crippen LogP contribution is -2.37. The molecule has 0 saturated carbocycles. The van der Waals surface area contributed by atoms with Crippen LogP contribution in [0, 0.1) is 19.7 Å². The summed E-state index contributed by atoms with van der Waals surface area (Å²) in [6.45, 7) is 3.72. The average molecular weight is 494 g/mol. The fourth-order valence-electron chi connectivity index (χ4n) is 4.05. The summed E-state index contributed by atoms with van der Waals surface area (Å²) in [5, 5.41) is 8.73. The fraction of sp³-hybridized carbons (Fsp3) is 0.120. The molecule has 6 nitrogen and oxygen atoms in total. The van der Waals surface area contributed by atoms with Crippen molar-refractivity contribution in [3.63, 3.8) is 0 Å². The monoisotopic (exact) mass is 493 g/mol. The zero-order valence-corrected chi connectivity index (χ0v) is 20.5. The van der Waals surface area contributed by atoms with Gasteiger partial charge in [-0.2, -0.15) is 5.10 Å². The van der Waals surface area contributed by atoms with Crippen LogP contribution in [-0.4, -0.2) is 27.3 Å². The molecule has 1 N–H and O–H groups in total. The van der Waals surface area contributed by atoms with Gasteiger partial charge in [0.1, 0.15) is 17.0 Å². The average Bonchev–Trinajstić information content (AvgIpc) is 3.16. The minimum absolute atomic E-state index is 0.238. The Morgan fingerprint density at radius 1 is 1.00 bits per heavy atom. The third kappa shape index (κ3) is 3.61. The number of benzene rings is 3. The zero-order chi connectivity index (χ0) is 24.0. The lowest BCUT2D eigenvalue weighted by Gasteiger charge is -2.35. The van der Waals surface area contributed by atoms with Gasteiger partial charge in [0.2, 0.25) is 0 Å². The minimum atomic E-state index is -3.62. The summed E-state index contributed by atoms with van der Waals surface area (Å²) in [6, 6.07) is 21.2. The van der Waals surface area contributed by atoms with E-state index in [1.807, 2.05) is 43.3 Å². The van der Waals surface area contributed by atoms with Gasteiger partial charge in [-0.1, -0.05) is 48.0 Å². The van der Waals surface area contributed by atoms with Gasteiger partial charge in [0, 0.05) is 7.05 Å². The lowest BCUT2D eigenvalue weighted by atomic mass is 10.2. The SMILES string of the molecule is Cc1ccc(NP2(=O)c3c(C)nn(-c4ccccc4)c3N=C(c3ccccc3F)N2C)c(Cl)c1. The molecule has 1 unspecified atom stereocenters. The molecule has 0 fully saturated rings. The first-order valence-electron chi connectivity index (χ1n) is 10.7. The molecule has 0 aliphatic carbocycles. The Bertz CT molecular complexity index is 1480. The normalized spacial score (nSPS) is 17.3. The van der Waals surface area contributed by atoms with E-state index in [-0.39, 0.29) is 11.4 Å². The number of para-hydroxylation sites is 1. The van der Waals surface area contributed by atoms with Crippen molar-refractivity contribution in [2.45, 2.75) is 13.8 Å². The van der Waals surface area contributed by atoms with Crippen molar-refractivity contribution in [1.29, 1.82) is 0 Å². The minimum Gasteiger partial charge on any atom is -0.315 e. The molecule has 1 aromatic heterocycles. The molecular weight excluding hydrogens is 472 g/mol. The smallest absolute Gasteiger partial charge is 0.296 e. The second-order valence-corrected chi connectivity index (χ2v) is 10.9. The van der Waals surface area contributed by atoms with E-state index in [0.717, 1.165) is 11.3 Å². The molecule has 1 aliphatic rings. The summed E-state index contributed by atoms with van der Waals surface area (Å²) in [7, 11) is -1.98. The third-order valence-corrected chi connectivity index (χ3v) is 8.78. The molecule has 0 bridgehead atoms. The summed E-state index contributed by atoms with van der Waals surface area (Å²) >= 11 is 6.49. The highest BCUT2D eigenvalue weighted by atomic mass is 35.5. The Morgan fingerprint density at radius 2 is 1.71 bits per heavy atom. The molecule has 1 atom stereocenters. The number of anilines is 1. The van der Waals surface area contributed by atoms with Crippen molar-refractivity contribution in [2.75, 3.05) is 12.1 Å². The van der Waals surface area contributed by atoms with Gasteiger partial charge in [-0.05, 0) is 55.8 Å². The number of hydrogen-bond donors (Lipinski definition) is 1. The lowest BCUT2D eigenvalue weighted by molar-refractivity contribution is 0.552. The Hall–Kier alpha value is -3.41. The van der Waals surface area contributed by atoms with Gasteiger partial charge >= 0.3 is 0 Å². The van der Waals surface area contributed by atoms with Crippen LogP contribution in [0.1, 0.15) is 16.8 Å². The summed E-state index contributed by atoms with van der Waals surface area (Å²) in [5.41, 5.74) is 3.04. The van der Waals surface area contributed by atoms with E-state index in [9.17, 15) is 8.96 Å². The Labute approximate surface area is 202 Å². The van der Waals surface area contributed by atoms with Crippen LogP contribution in [0.15, 0.2) is 77.8 Å². The largest absolute Gasteiger partial charge is 0.315 e. The number of nitrogens with one attached hydrogen (secondary N) is 1. The number of aryl methyl sites for hydroxylation is 2. The number of fused-ring (bicyclic) bond motifs is 1. The highest BCUT2D eigenvalue weighted by Crippen LogP contribution is 2.55. The molecule has 2 heterocycles. The van der Waals surface area contributed by atoms with Crippen molar-refractivity contribution in [3.8, 4) is 5.69 Å². The summed E-state index contributed by atoms with van der Waals surface area (Å²) in [5.74, 6) is 0.167. The zero-order valence-electron chi connectivity index (χ0n) is 18.8. The van der Waals surface area contributed by atoms with E-state index >= 15 is 0 Å². The number of halogens is 2. The molecule has 1 aliphatic heterocycles. The van der Waals surface area contributed by atoms with Gasteiger partial charge in [0.05, 0.1) is 27.7 Å². The van der Waals surface area contributed by atoms with Gasteiger partial charge in [0.25, 0.3) is 7.44 Å². The van der Waals surface area contributed by atoms with Gasteiger partial charge in [0.15, 0.2) is 5.82 Å². The summed E-state index contributed by atoms with van der Waals surface area (Å²) in [4.78, 5) is 4.79. The fourth-order valence-corrected chi connectivity index (χ4v) is 6.80. The molecule has 34 heavy (non-hydrogen) atoms. The molecule has 9 heteroatoms. The van der Waals surface area contributed by atoms with Crippen LogP contribution in [0.4, 0.5) is 15.9 Å². The number of aromatic nitrogens is 2. The number of nitrogens with zero attached hydrogens (tertiary/aromatic N) is 4. The van der Waals surface area contributed by atoms with Crippen molar-refractivity contribution in [1.82, 2.24) is 14.5 Å². The Balaban J connectivity index is 1.77. The molecule has 0 amide bonds. The topological polar surface area (TPSA) is 62.5 Å². The van der Waals surface area contributed by atoms with Crippen LogP contribution < -0.4 is 10.4 Å². The quantitative estimate of drug-likeness (QED) is 0.342. The molecule has 5 rings (SSSR count). The van der Waals surface area contributed by atoms with E-state index in [2.05, 4.69) is 10.2 Å². The maximum Gasteiger partial charge on any atom is 0.296 e. The van der Waals surface area contributed by atoms with Crippen LogP contribution in [0.5, 0.6) is 0 Å². The highest BCUT2D eigenvalue weighted by molar-refractivity contribution is 7.72. The van der Waals surface area contributed by atoms with Gasteiger partial charge in [-0.3, -0.25) is 9.24 Å². The van der Waals surface area contributed by atoms with Crippen LogP contribution >= 0.6 is 19.0 Å². The van der Waals surface area contributed by atoms with Crippen LogP contribution in [0.25, 0.3) is 5.69 Å². The van der Waals surface area contributed by atoms with E-state index in [1.54, 1.807) is 49.0 Å². The molecule has 0 spiro atoms. The number of aliphatic imine (C=N–C) groups is 1.